The third-order valence-corrected chi connectivity index (χ3v) is 8.27. The Morgan fingerprint density at radius 1 is 1.14 bits per heavy atom. The molecule has 1 aromatic carbocycles. The molecule has 0 aromatic heterocycles. The summed E-state index contributed by atoms with van der Waals surface area (Å²) in [5.74, 6) is 1.20. The Hall–Kier alpha value is -0.363. The van der Waals surface area contributed by atoms with Gasteiger partial charge in [-0.25, -0.2) is 8.42 Å². The van der Waals surface area contributed by atoms with E-state index in [0.717, 1.165) is 11.6 Å². The minimum Gasteiger partial charge on any atom is -0.207 e. The van der Waals surface area contributed by atoms with Crippen LogP contribution in [-0.4, -0.2) is 39.8 Å². The van der Waals surface area contributed by atoms with Gasteiger partial charge in [-0.1, -0.05) is 43.4 Å². The van der Waals surface area contributed by atoms with Crippen LogP contribution < -0.4 is 0 Å². The molecule has 124 valence electrons. The maximum atomic E-state index is 12.8. The molecule has 0 N–H and O–H groups in total. The molecule has 3 nitrogen and oxygen atoms in total. The summed E-state index contributed by atoms with van der Waals surface area (Å²) in [4.78, 5) is 0.389. The number of hydrogen-bond donors (Lipinski definition) is 0. The Morgan fingerprint density at radius 2 is 1.68 bits per heavy atom. The second-order valence-corrected chi connectivity index (χ2v) is 15.4. The summed E-state index contributed by atoms with van der Waals surface area (Å²) in [6, 6.07) is 8.23. The van der Waals surface area contributed by atoms with Crippen molar-refractivity contribution < 1.29 is 8.42 Å². The molecule has 6 heteroatoms. The zero-order valence-electron chi connectivity index (χ0n) is 13.8. The van der Waals surface area contributed by atoms with E-state index >= 15 is 0 Å². The topological polar surface area (TPSA) is 37.4 Å². The van der Waals surface area contributed by atoms with Crippen molar-refractivity contribution >= 4 is 29.7 Å². The van der Waals surface area contributed by atoms with Crippen molar-refractivity contribution in [2.24, 2.45) is 11.8 Å². The number of halogens is 1. The van der Waals surface area contributed by atoms with E-state index in [2.05, 4.69) is 19.6 Å². The number of sulfonamides is 1. The Morgan fingerprint density at radius 3 is 2.18 bits per heavy atom. The van der Waals surface area contributed by atoms with Crippen molar-refractivity contribution in [1.82, 2.24) is 4.31 Å². The molecule has 1 aliphatic heterocycles. The Bertz CT molecular complexity index is 610. The molecular weight excluding hydrogens is 334 g/mol. The van der Waals surface area contributed by atoms with Crippen molar-refractivity contribution in [2.45, 2.75) is 37.5 Å². The Balaban J connectivity index is 2.21. The maximum absolute atomic E-state index is 12.8. The number of aryl methyl sites for hydroxylation is 1. The summed E-state index contributed by atoms with van der Waals surface area (Å²) in [7, 11) is -4.63. The first kappa shape index (κ1) is 18.0. The second kappa shape index (κ2) is 6.63. The third kappa shape index (κ3) is 4.13. The molecule has 0 bridgehead atoms. The molecule has 2 atom stereocenters. The van der Waals surface area contributed by atoms with E-state index in [0.29, 0.717) is 29.8 Å². The first-order chi connectivity index (χ1) is 10.1. The molecule has 0 spiro atoms. The lowest BCUT2D eigenvalue weighted by Gasteiger charge is -2.24. The van der Waals surface area contributed by atoms with Gasteiger partial charge < -0.3 is 0 Å². The van der Waals surface area contributed by atoms with Gasteiger partial charge in [0.1, 0.15) is 0 Å². The largest absolute Gasteiger partial charge is 0.243 e. The SMILES string of the molecule is Cc1ccc(S(=O)(=O)N2CC(CCl)C(C[Si](C)(C)C)C2)cc1. The summed E-state index contributed by atoms with van der Waals surface area (Å²) in [6.07, 6.45) is 0. The predicted octanol–water partition coefficient (Wildman–Crippen LogP) is 3.81. The molecule has 22 heavy (non-hydrogen) atoms. The van der Waals surface area contributed by atoms with Gasteiger partial charge in [-0.15, -0.1) is 11.6 Å². The normalized spacial score (nSPS) is 23.9. The summed E-state index contributed by atoms with van der Waals surface area (Å²) in [5, 5.41) is 0. The lowest BCUT2D eigenvalue weighted by Crippen LogP contribution is -2.30. The fourth-order valence-electron chi connectivity index (χ4n) is 3.14. The average molecular weight is 360 g/mol. The minimum atomic E-state index is -3.40. The van der Waals surface area contributed by atoms with Crippen molar-refractivity contribution in [2.75, 3.05) is 19.0 Å². The van der Waals surface area contributed by atoms with E-state index < -0.39 is 18.1 Å². The lowest BCUT2D eigenvalue weighted by atomic mass is 10.0. The van der Waals surface area contributed by atoms with E-state index in [1.54, 1.807) is 16.4 Å². The first-order valence-electron chi connectivity index (χ1n) is 7.76. The molecular formula is C16H26ClNO2SSi. The molecule has 1 aliphatic rings. The van der Waals surface area contributed by atoms with Gasteiger partial charge in [0, 0.05) is 27.0 Å². The lowest BCUT2D eigenvalue weighted by molar-refractivity contribution is 0.463. The Kier molecular flexibility index (Phi) is 5.42. The van der Waals surface area contributed by atoms with Crippen LogP contribution in [0.15, 0.2) is 29.2 Å². The van der Waals surface area contributed by atoms with Gasteiger partial charge in [0.15, 0.2) is 0 Å². The van der Waals surface area contributed by atoms with Crippen molar-refractivity contribution in [3.05, 3.63) is 29.8 Å². The summed E-state index contributed by atoms with van der Waals surface area (Å²) in [6.45, 7) is 10.1. The third-order valence-electron chi connectivity index (χ3n) is 4.27. The van der Waals surface area contributed by atoms with Crippen LogP contribution in [0.4, 0.5) is 0 Å². The molecule has 0 amide bonds. The summed E-state index contributed by atoms with van der Waals surface area (Å²) < 4.78 is 27.3. The smallest absolute Gasteiger partial charge is 0.207 e. The van der Waals surface area contributed by atoms with Gasteiger partial charge in [0.25, 0.3) is 0 Å². The number of benzene rings is 1. The monoisotopic (exact) mass is 359 g/mol. The molecule has 1 saturated heterocycles. The van der Waals surface area contributed by atoms with Crippen molar-refractivity contribution in [3.63, 3.8) is 0 Å². The van der Waals surface area contributed by atoms with Crippen LogP contribution in [0.3, 0.4) is 0 Å². The van der Waals surface area contributed by atoms with E-state index in [1.807, 2.05) is 19.1 Å². The van der Waals surface area contributed by atoms with Gasteiger partial charge in [0.2, 0.25) is 10.0 Å². The van der Waals surface area contributed by atoms with Gasteiger partial charge in [-0.2, -0.15) is 4.31 Å². The van der Waals surface area contributed by atoms with Crippen molar-refractivity contribution in [3.8, 4) is 0 Å². The molecule has 2 rings (SSSR count). The molecule has 1 heterocycles. The van der Waals surface area contributed by atoms with E-state index in [1.165, 1.54) is 0 Å². The fourth-order valence-corrected chi connectivity index (χ4v) is 7.08. The quantitative estimate of drug-likeness (QED) is 0.592. The number of hydrogen-bond acceptors (Lipinski definition) is 2. The predicted molar refractivity (Wildman–Crippen MR) is 95.8 cm³/mol. The van der Waals surface area contributed by atoms with Gasteiger partial charge in [0.05, 0.1) is 4.90 Å². The van der Waals surface area contributed by atoms with Crippen LogP contribution in [0.2, 0.25) is 25.7 Å². The van der Waals surface area contributed by atoms with Crippen molar-refractivity contribution in [1.29, 1.82) is 0 Å². The second-order valence-electron chi connectivity index (χ2n) is 7.57. The fraction of sp³-hybridized carbons (Fsp3) is 0.625. The van der Waals surface area contributed by atoms with Crippen LogP contribution in [0, 0.1) is 18.8 Å². The van der Waals surface area contributed by atoms with Crippen LogP contribution in [0.5, 0.6) is 0 Å². The number of rotatable bonds is 5. The highest BCUT2D eigenvalue weighted by molar-refractivity contribution is 7.89. The average Bonchev–Trinajstić information content (AvgIpc) is 2.80. The zero-order chi connectivity index (χ0) is 16.5. The molecule has 0 saturated carbocycles. The van der Waals surface area contributed by atoms with Crippen LogP contribution in [0.25, 0.3) is 0 Å². The summed E-state index contributed by atoms with van der Waals surface area (Å²) >= 11 is 6.11. The van der Waals surface area contributed by atoms with Gasteiger partial charge in [-0.05, 0) is 30.9 Å². The zero-order valence-corrected chi connectivity index (χ0v) is 16.4. The number of nitrogens with zero attached hydrogens (tertiary/aromatic N) is 1. The molecule has 0 aliphatic carbocycles. The van der Waals surface area contributed by atoms with E-state index in [4.69, 9.17) is 11.6 Å². The highest BCUT2D eigenvalue weighted by Crippen LogP contribution is 2.34. The Labute approximate surface area is 140 Å². The molecule has 0 radical (unpaired) electrons. The first-order valence-corrected chi connectivity index (χ1v) is 13.4. The van der Waals surface area contributed by atoms with Crippen LogP contribution >= 0.6 is 11.6 Å². The van der Waals surface area contributed by atoms with Gasteiger partial charge in [-0.3, -0.25) is 0 Å². The minimum absolute atomic E-state index is 0.272. The van der Waals surface area contributed by atoms with E-state index in [9.17, 15) is 8.42 Å². The summed E-state index contributed by atoms with van der Waals surface area (Å²) in [5.41, 5.74) is 1.07. The highest BCUT2D eigenvalue weighted by atomic mass is 35.5. The standard InChI is InChI=1S/C16H26ClNO2SSi/c1-13-5-7-16(8-6-13)21(19,20)18-10-14(9-17)15(11-18)12-22(2,3)4/h5-8,14-15H,9-12H2,1-4H3. The molecule has 2 unspecified atom stereocenters. The molecule has 1 fully saturated rings. The molecule has 1 aromatic rings. The highest BCUT2D eigenvalue weighted by Gasteiger charge is 2.40. The van der Waals surface area contributed by atoms with Gasteiger partial charge >= 0.3 is 0 Å². The van der Waals surface area contributed by atoms with E-state index in [-0.39, 0.29) is 5.92 Å². The number of alkyl halides is 1. The van der Waals surface area contributed by atoms with Crippen LogP contribution in [0.1, 0.15) is 5.56 Å². The maximum Gasteiger partial charge on any atom is 0.243 e. The van der Waals surface area contributed by atoms with Crippen LogP contribution in [-0.2, 0) is 10.0 Å².